The highest BCUT2D eigenvalue weighted by Crippen LogP contribution is 2.28. The molecule has 2 aliphatic rings. The second-order valence-electron chi connectivity index (χ2n) is 27.2. The van der Waals surface area contributed by atoms with Gasteiger partial charge in [0.15, 0.2) is 24.2 Å². The highest BCUT2D eigenvalue weighted by molar-refractivity contribution is 6.00. The number of primary amides is 1. The number of aliphatic hydroxyl groups excluding tert-OH is 4. The first kappa shape index (κ1) is 96.7. The number of rotatable bonds is 24. The number of carboxylic acid groups (broad SMARTS) is 2. The molecule has 24 N–H and O–H groups in total. The van der Waals surface area contributed by atoms with E-state index in [1.807, 2.05) is 5.32 Å². The van der Waals surface area contributed by atoms with Crippen molar-refractivity contribution in [3.05, 3.63) is 71.8 Å². The number of cyclic esters (lactones) is 1. The molecule has 622 valence electrons. The van der Waals surface area contributed by atoms with Crippen LogP contribution in [0.3, 0.4) is 0 Å². The fourth-order valence-corrected chi connectivity index (χ4v) is 11.0. The van der Waals surface area contributed by atoms with Crippen LogP contribution in [0.15, 0.2) is 65.7 Å². The van der Waals surface area contributed by atoms with Gasteiger partial charge >= 0.3 is 30.3 Å². The van der Waals surface area contributed by atoms with E-state index in [0.717, 1.165) is 44.6 Å². The first-order valence-corrected chi connectivity index (χ1v) is 35.4. The van der Waals surface area contributed by atoms with Crippen LogP contribution < -0.4 is 76.1 Å². The Labute approximate surface area is 634 Å². The Balaban J connectivity index is 0.00000271. The van der Waals surface area contributed by atoms with Gasteiger partial charge in [0.2, 0.25) is 65.0 Å². The van der Waals surface area contributed by atoms with E-state index in [9.17, 15) is 89.9 Å². The predicted molar refractivity (Wildman–Crippen MR) is 381 cm³/mol. The molecule has 1 saturated heterocycles. The minimum atomic E-state index is -5.08. The fourth-order valence-electron chi connectivity index (χ4n) is 11.0. The Morgan fingerprint density at radius 1 is 0.622 bits per heavy atom. The number of guanidine groups is 1. The molecule has 111 heavy (non-hydrogen) atoms. The van der Waals surface area contributed by atoms with Gasteiger partial charge in [0.1, 0.15) is 48.3 Å². The minimum absolute atomic E-state index is 0.0445. The van der Waals surface area contributed by atoms with Crippen LogP contribution in [0.1, 0.15) is 136 Å². The quantitative estimate of drug-likeness (QED) is 0.0168. The van der Waals surface area contributed by atoms with Crippen molar-refractivity contribution in [3.8, 4) is 0 Å². The van der Waals surface area contributed by atoms with Crippen molar-refractivity contribution in [2.45, 2.75) is 223 Å². The van der Waals surface area contributed by atoms with Crippen LogP contribution in [0.2, 0.25) is 0 Å². The molecule has 1 saturated carbocycles. The fraction of sp³-hybridized carbons (Fsp3) is 0.609. The van der Waals surface area contributed by atoms with Gasteiger partial charge in [-0.05, 0) is 80.2 Å². The standard InChI is InChI=1S/C65H101N15O17.2C2HF3O2/c1-8-35(6)46-60(92)78-47(36(7)82)59(91)71-31-45(83)76-49(52(85)54(67)86)62(94)75-44(32-81)64(96)97-53(39-23-16-11-17-24-39)50(80-57(89)42(27-26-37-19-12-9-13-20-37)72-55(87)40(66)30-38-21-14-10-15-22-38)63(95)79-48(51(84)34(4)5)61(93)74-43(29-33(2)3)58(90)73-41(56(88)77-46)25-18-28-70-65(68)69;2*3-2(4,5)1(6)7/h9,11-13,16-17,19-20,23-24,33-36,38,40-44,46-53,81-82,84-85H,8,10,14-15,18,21-22,25-32,66H2,1-7H3,(H2,67,86)(H,71,91)(H,72,87)(H,73,90)(H,74,93)(H,75,94)(H,76,83)(H,77,88)(H,78,92)(H,79,95)(H,80,89)(H4,68,69,70);2*(H,6,7)/t35-,36-,40-,41+,42-,43-,44-,46-,47-,48-,49-,50-,51+,52-,53+;;/m0../s1. The van der Waals surface area contributed by atoms with Crippen LogP contribution in [-0.2, 0) is 78.3 Å². The summed E-state index contributed by atoms with van der Waals surface area (Å²) in [6, 6.07) is -1.92. The zero-order chi connectivity index (χ0) is 84.4. The number of hydrogen-bond acceptors (Lipinski definition) is 21. The number of aliphatic imine (C=N–C) groups is 1. The summed E-state index contributed by atoms with van der Waals surface area (Å²) >= 11 is 0. The number of esters is 1. The number of ether oxygens (including phenoxy) is 1. The second kappa shape index (κ2) is 47.0. The number of benzene rings is 2. The van der Waals surface area contributed by atoms with E-state index in [1.54, 1.807) is 58.0 Å². The smallest absolute Gasteiger partial charge is 0.475 e. The molecular weight excluding hydrogens is 1490 g/mol. The predicted octanol–water partition coefficient (Wildman–Crippen LogP) is -2.66. The highest BCUT2D eigenvalue weighted by Gasteiger charge is 2.45. The monoisotopic (exact) mass is 1590 g/mol. The lowest BCUT2D eigenvalue weighted by molar-refractivity contribution is -0.193. The number of carbonyl (C=O) groups excluding carboxylic acids is 12. The number of nitrogens with two attached hydrogens (primary N) is 4. The van der Waals surface area contributed by atoms with Crippen LogP contribution in [0.4, 0.5) is 26.3 Å². The molecule has 2 aromatic rings. The number of carboxylic acids is 2. The molecule has 1 aliphatic heterocycles. The number of hydrogen-bond donors (Lipinski definition) is 20. The van der Waals surface area contributed by atoms with Gasteiger partial charge in [0.25, 0.3) is 0 Å². The molecular formula is C69H103F6N15O21. The summed E-state index contributed by atoms with van der Waals surface area (Å²) in [5.74, 6) is -22.2. The van der Waals surface area contributed by atoms with Crippen molar-refractivity contribution < 1.29 is 129 Å². The van der Waals surface area contributed by atoms with Gasteiger partial charge in [0, 0.05) is 6.54 Å². The van der Waals surface area contributed by atoms with Crippen LogP contribution in [0, 0.1) is 23.7 Å². The van der Waals surface area contributed by atoms with E-state index in [2.05, 4.69) is 52.8 Å². The molecule has 4 rings (SSSR count). The maximum atomic E-state index is 15.6. The average Bonchev–Trinajstić information content (AvgIpc) is 0.813. The molecule has 0 spiro atoms. The normalized spacial score (nSPS) is 23.1. The van der Waals surface area contributed by atoms with E-state index in [1.165, 1.54) is 44.2 Å². The van der Waals surface area contributed by atoms with Crippen molar-refractivity contribution in [2.75, 3.05) is 19.7 Å². The SMILES string of the molecule is CC[C@H](C)[C@@H]1NC(=O)[C@@H](CCCN=C(N)N)NC(=O)[C@H](CC(C)C)NC(=O)[C@H]([C@H](O)C(C)C)NC(=O)[C@@H](NC(=O)[C@H](CCc2ccccc2)NC(=O)[C@@H](N)CC2CCCCC2)[C@@H](c2ccccc2)OC(=O)[C@H](CO)NC(=O)[C@H]([C@H](O)C(N)=O)NC(=O)CNC(=O)[C@H]([C@H](C)O)NC1=O.O=C(O)C(F)(F)F.O=C(O)C(F)(F)F. The molecule has 0 unspecified atom stereocenters. The van der Waals surface area contributed by atoms with Gasteiger partial charge in [-0.25, -0.2) is 14.4 Å². The number of halogens is 6. The second-order valence-corrected chi connectivity index (χ2v) is 27.2. The maximum Gasteiger partial charge on any atom is 0.490 e. The third kappa shape index (κ3) is 34.2. The van der Waals surface area contributed by atoms with Crippen molar-refractivity contribution in [3.63, 3.8) is 0 Å². The molecule has 2 aromatic carbocycles. The summed E-state index contributed by atoms with van der Waals surface area (Å²) < 4.78 is 69.5. The molecule has 1 heterocycles. The van der Waals surface area contributed by atoms with Crippen molar-refractivity contribution in [1.29, 1.82) is 0 Å². The zero-order valence-electron chi connectivity index (χ0n) is 62.1. The van der Waals surface area contributed by atoms with Crippen LogP contribution in [-0.4, -0.2) is 230 Å². The van der Waals surface area contributed by atoms with E-state index in [-0.39, 0.29) is 68.4 Å². The average molecular weight is 1590 g/mol. The van der Waals surface area contributed by atoms with E-state index in [0.29, 0.717) is 6.42 Å². The summed E-state index contributed by atoms with van der Waals surface area (Å²) in [6.07, 6.45) is -13.4. The minimum Gasteiger partial charge on any atom is -0.475 e. The molecule has 0 bridgehead atoms. The molecule has 1 aliphatic carbocycles. The zero-order valence-corrected chi connectivity index (χ0v) is 62.1. The first-order valence-electron chi connectivity index (χ1n) is 35.4. The lowest BCUT2D eigenvalue weighted by Gasteiger charge is -2.33. The summed E-state index contributed by atoms with van der Waals surface area (Å²) in [7, 11) is 0. The summed E-state index contributed by atoms with van der Waals surface area (Å²) in [6.45, 7) is 8.30. The number of aliphatic carboxylic acids is 2. The van der Waals surface area contributed by atoms with Crippen molar-refractivity contribution >= 4 is 88.8 Å². The third-order valence-corrected chi connectivity index (χ3v) is 17.4. The Kier molecular flexibility index (Phi) is 41.0. The van der Waals surface area contributed by atoms with Crippen LogP contribution in [0.25, 0.3) is 0 Å². The molecule has 0 aromatic heterocycles. The molecule has 2 fully saturated rings. The van der Waals surface area contributed by atoms with Gasteiger partial charge in [0.05, 0.1) is 31.4 Å². The van der Waals surface area contributed by atoms with E-state index < -0.39 is 205 Å². The Morgan fingerprint density at radius 2 is 1.13 bits per heavy atom. The summed E-state index contributed by atoms with van der Waals surface area (Å²) in [4.78, 5) is 194. The number of carbonyl (C=O) groups is 14. The van der Waals surface area contributed by atoms with E-state index >= 15 is 14.4 Å². The van der Waals surface area contributed by atoms with Gasteiger partial charge in [-0.2, -0.15) is 26.3 Å². The number of aliphatic hydroxyl groups is 4. The van der Waals surface area contributed by atoms with Crippen LogP contribution >= 0.6 is 0 Å². The van der Waals surface area contributed by atoms with E-state index in [4.69, 9.17) is 47.5 Å². The number of nitrogens with one attached hydrogen (secondary N) is 10. The number of nitrogens with zero attached hydrogens (tertiary/aromatic N) is 1. The van der Waals surface area contributed by atoms with Gasteiger partial charge < -0.3 is 111 Å². The molecule has 0 radical (unpaired) electrons. The topological polar surface area (TPSA) is 606 Å². The molecule has 11 amide bonds. The Hall–Kier alpha value is -10.3. The van der Waals surface area contributed by atoms with Crippen molar-refractivity contribution in [1.82, 2.24) is 53.2 Å². The number of alkyl halides is 6. The summed E-state index contributed by atoms with van der Waals surface area (Å²) in [5.41, 5.74) is 23.7. The van der Waals surface area contributed by atoms with Crippen molar-refractivity contribution in [2.24, 2.45) is 51.6 Å². The van der Waals surface area contributed by atoms with Gasteiger partial charge in [-0.3, -0.25) is 57.7 Å². The first-order chi connectivity index (χ1) is 51.7. The number of aryl methyl sites for hydroxylation is 1. The highest BCUT2D eigenvalue weighted by atomic mass is 19.4. The lowest BCUT2D eigenvalue weighted by Crippen LogP contribution is -2.64. The van der Waals surface area contributed by atoms with Gasteiger partial charge in [-0.15, -0.1) is 0 Å². The molecule has 42 heteroatoms. The maximum absolute atomic E-state index is 15.6. The molecule has 36 nitrogen and oxygen atoms in total. The summed E-state index contributed by atoms with van der Waals surface area (Å²) in [5, 5.41) is 83.0. The molecule has 15 atom stereocenters. The Bertz CT molecular complexity index is 3440. The van der Waals surface area contributed by atoms with Gasteiger partial charge in [-0.1, -0.05) is 141 Å². The van der Waals surface area contributed by atoms with Crippen LogP contribution in [0.5, 0.6) is 0 Å². The third-order valence-electron chi connectivity index (χ3n) is 17.4. The largest absolute Gasteiger partial charge is 0.490 e. The number of amides is 11. The lowest BCUT2D eigenvalue weighted by atomic mass is 9.85. The Morgan fingerprint density at radius 3 is 1.63 bits per heavy atom.